The molecule has 11 heteroatoms. The lowest BCUT2D eigenvalue weighted by molar-refractivity contribution is -0.141. The Bertz CT molecular complexity index is 1610. The third kappa shape index (κ3) is 3.06. The number of carbonyl (C=O) groups is 3. The maximum atomic E-state index is 14.0. The lowest BCUT2D eigenvalue weighted by atomic mass is 9.66. The molecule has 1 amide bonds. The van der Waals surface area contributed by atoms with Crippen LogP contribution in [-0.4, -0.2) is 49.9 Å². The van der Waals surface area contributed by atoms with Gasteiger partial charge in [0.05, 0.1) is 23.5 Å². The van der Waals surface area contributed by atoms with Crippen LogP contribution in [-0.2, 0) is 19.1 Å². The average molecular weight is 535 g/mol. The summed E-state index contributed by atoms with van der Waals surface area (Å²) in [5.41, 5.74) is 2.34. The van der Waals surface area contributed by atoms with E-state index in [0.29, 0.717) is 24.1 Å². The van der Waals surface area contributed by atoms with Crippen LogP contribution in [0.2, 0.25) is 0 Å². The first kappa shape index (κ1) is 24.1. The molecule has 2 aliphatic heterocycles. The van der Waals surface area contributed by atoms with E-state index in [0.717, 1.165) is 10.6 Å². The largest absolute Gasteiger partial charge is 0.507 e. The average Bonchev–Trinajstić information content (AvgIpc) is 2.89. The molecule has 0 spiro atoms. The van der Waals surface area contributed by atoms with Gasteiger partial charge >= 0.3 is 5.97 Å². The highest BCUT2D eigenvalue weighted by Gasteiger charge is 2.50. The zero-order valence-electron chi connectivity index (χ0n) is 20.9. The summed E-state index contributed by atoms with van der Waals surface area (Å²) in [6.45, 7) is 1.56. The number of hydrazine groups is 1. The van der Waals surface area contributed by atoms with E-state index in [2.05, 4.69) is 0 Å². The van der Waals surface area contributed by atoms with Gasteiger partial charge in [0.1, 0.15) is 23.2 Å². The normalized spacial score (nSPS) is 29.3. The van der Waals surface area contributed by atoms with Gasteiger partial charge in [-0.25, -0.2) is 5.84 Å². The quantitative estimate of drug-likeness (QED) is 0.207. The molecule has 7 rings (SSSR count). The van der Waals surface area contributed by atoms with Gasteiger partial charge in [-0.1, -0.05) is 11.6 Å². The molecule has 0 bridgehead atoms. The Labute approximate surface area is 221 Å². The number of benzene rings is 2. The molecule has 0 saturated carbocycles. The summed E-state index contributed by atoms with van der Waals surface area (Å²) in [4.78, 5) is 39.1. The van der Waals surface area contributed by atoms with Crippen LogP contribution >= 0.6 is 0 Å². The highest BCUT2D eigenvalue weighted by atomic mass is 16.7. The van der Waals surface area contributed by atoms with Crippen LogP contribution in [0.25, 0.3) is 16.3 Å². The summed E-state index contributed by atoms with van der Waals surface area (Å²) >= 11 is 0. The van der Waals surface area contributed by atoms with Gasteiger partial charge in [-0.05, 0) is 37.8 Å². The fourth-order valence-electron chi connectivity index (χ4n) is 7.18. The number of phenols is 2. The number of aliphatic hydroxyl groups excluding tert-OH is 1. The number of hydrogen-bond acceptors (Lipinski definition) is 9. The van der Waals surface area contributed by atoms with Crippen LogP contribution in [0.1, 0.15) is 73.0 Å². The van der Waals surface area contributed by atoms with Crippen LogP contribution in [0.4, 0.5) is 0 Å². The minimum atomic E-state index is -1.12. The molecule has 0 aromatic heterocycles. The molecule has 2 aromatic carbocycles. The van der Waals surface area contributed by atoms with Crippen LogP contribution in [0.15, 0.2) is 23.4 Å². The molecule has 0 fully saturated rings. The van der Waals surface area contributed by atoms with Crippen LogP contribution in [0, 0.1) is 11.8 Å². The molecule has 39 heavy (non-hydrogen) atoms. The summed E-state index contributed by atoms with van der Waals surface area (Å²) in [6, 6.07) is 1.45. The molecular formula is C28H26N2O9. The molecule has 6 N–H and O–H groups in total. The van der Waals surface area contributed by atoms with Crippen molar-refractivity contribution >= 4 is 34.0 Å². The second-order valence-corrected chi connectivity index (χ2v) is 10.9. The van der Waals surface area contributed by atoms with Gasteiger partial charge in [0.15, 0.2) is 12.6 Å². The number of Topliss-reactive ketones (excluding diaryl/α,β-unsaturated/α-hetero) is 1. The van der Waals surface area contributed by atoms with Crippen molar-refractivity contribution in [1.29, 1.82) is 0 Å². The molecule has 11 nitrogen and oxygen atoms in total. The first-order valence-corrected chi connectivity index (χ1v) is 12.9. The van der Waals surface area contributed by atoms with Gasteiger partial charge in [-0.15, -0.1) is 0 Å². The smallest absolute Gasteiger partial charge is 0.310 e. The number of carboxylic acids is 1. The molecule has 2 heterocycles. The Balaban J connectivity index is 1.53. The highest BCUT2D eigenvalue weighted by Crippen LogP contribution is 2.59. The summed E-state index contributed by atoms with van der Waals surface area (Å²) in [7, 11) is 0. The lowest BCUT2D eigenvalue weighted by Gasteiger charge is -2.42. The number of fused-ring (bicyclic) bond motifs is 5. The van der Waals surface area contributed by atoms with Gasteiger partial charge in [-0.2, -0.15) is 0 Å². The van der Waals surface area contributed by atoms with E-state index in [-0.39, 0.29) is 75.8 Å². The minimum Gasteiger partial charge on any atom is -0.507 e. The number of phenolic OH excluding ortho intramolecular Hbond substituents is 2. The maximum absolute atomic E-state index is 14.0. The molecular weight excluding hydrogens is 508 g/mol. The van der Waals surface area contributed by atoms with Crippen molar-refractivity contribution in [3.05, 3.63) is 45.7 Å². The Morgan fingerprint density at radius 1 is 1.13 bits per heavy atom. The standard InChI is InChI=1S/C28H26N2O9/c1-9-4-10-5-11-6-16-21-22(17(11)24(33)18(10)27(35)30(9)29)23(32)14-7-13-12(28(36)37)2-3-15(31)19(13)25(34)20(14)26(21)39-8-38-16/h4,7,10,12,15-16,18,31-32,34H,2-3,5-6,8,29H2,1H3,(H,36,37). The number of aliphatic hydroxyl groups is 1. The predicted molar refractivity (Wildman–Crippen MR) is 134 cm³/mol. The summed E-state index contributed by atoms with van der Waals surface area (Å²) in [5.74, 6) is 0.888. The van der Waals surface area contributed by atoms with Gasteiger partial charge in [-0.3, -0.25) is 19.4 Å². The summed E-state index contributed by atoms with van der Waals surface area (Å²) in [6.07, 6.45) is 1.18. The SMILES string of the molecule is CC1=CC2CC3=C(C(=O)C2C(=O)N1N)c1c2c(c4c(O)c5c(cc4c1O)C(C(=O)O)CCC5O)OCOC2C3. The van der Waals surface area contributed by atoms with Crippen molar-refractivity contribution < 1.29 is 44.3 Å². The molecule has 5 atom stereocenters. The van der Waals surface area contributed by atoms with Crippen molar-refractivity contribution in [2.75, 3.05) is 6.79 Å². The molecule has 2 aromatic rings. The van der Waals surface area contributed by atoms with Crippen molar-refractivity contribution in [2.24, 2.45) is 17.7 Å². The number of allylic oxidation sites excluding steroid dienone is 3. The zero-order valence-corrected chi connectivity index (χ0v) is 20.9. The Morgan fingerprint density at radius 2 is 1.90 bits per heavy atom. The molecule has 0 saturated heterocycles. The molecule has 3 aliphatic carbocycles. The number of rotatable bonds is 1. The van der Waals surface area contributed by atoms with Crippen molar-refractivity contribution in [2.45, 2.75) is 50.7 Å². The predicted octanol–water partition coefficient (Wildman–Crippen LogP) is 2.64. The first-order valence-electron chi connectivity index (χ1n) is 12.9. The molecule has 202 valence electrons. The lowest BCUT2D eigenvalue weighted by Crippen LogP contribution is -2.50. The van der Waals surface area contributed by atoms with Crippen molar-refractivity contribution in [1.82, 2.24) is 5.01 Å². The summed E-state index contributed by atoms with van der Waals surface area (Å²) < 4.78 is 11.8. The molecule has 0 radical (unpaired) electrons. The molecule has 5 unspecified atom stereocenters. The third-order valence-corrected chi connectivity index (χ3v) is 8.95. The number of aliphatic carboxylic acids is 1. The van der Waals surface area contributed by atoms with Gasteiger partial charge < -0.3 is 29.9 Å². The van der Waals surface area contributed by atoms with Crippen LogP contribution in [0.3, 0.4) is 0 Å². The van der Waals surface area contributed by atoms with Gasteiger partial charge in [0.25, 0.3) is 5.91 Å². The number of aromatic hydroxyl groups is 2. The minimum absolute atomic E-state index is 0.0914. The van der Waals surface area contributed by atoms with E-state index in [1.807, 2.05) is 6.08 Å². The second kappa shape index (κ2) is 8.04. The summed E-state index contributed by atoms with van der Waals surface area (Å²) in [5, 5.41) is 44.9. The number of carboxylic acid groups (broad SMARTS) is 1. The number of nitrogens with two attached hydrogens (primary N) is 1. The number of ether oxygens (including phenoxy) is 2. The number of carbonyl (C=O) groups excluding carboxylic acids is 2. The number of nitrogens with zero attached hydrogens (tertiary/aromatic N) is 1. The monoisotopic (exact) mass is 534 g/mol. The van der Waals surface area contributed by atoms with E-state index in [4.69, 9.17) is 15.3 Å². The molecule has 5 aliphatic rings. The zero-order chi connectivity index (χ0) is 27.5. The van der Waals surface area contributed by atoms with Crippen LogP contribution < -0.4 is 10.6 Å². The number of hydrogen-bond donors (Lipinski definition) is 5. The Hall–Kier alpha value is -3.93. The van der Waals surface area contributed by atoms with Crippen molar-refractivity contribution in [3.8, 4) is 17.2 Å². The van der Waals surface area contributed by atoms with E-state index < -0.39 is 41.7 Å². The maximum Gasteiger partial charge on any atom is 0.310 e. The van der Waals surface area contributed by atoms with Gasteiger partial charge in [0.2, 0.25) is 0 Å². The Kier molecular flexibility index (Phi) is 4.98. The van der Waals surface area contributed by atoms with E-state index in [9.17, 15) is 34.8 Å². The topological polar surface area (TPSA) is 180 Å². The third-order valence-electron chi connectivity index (χ3n) is 8.95. The number of amides is 1. The number of ketones is 1. The van der Waals surface area contributed by atoms with E-state index >= 15 is 0 Å². The van der Waals surface area contributed by atoms with E-state index in [1.165, 1.54) is 6.07 Å². The Morgan fingerprint density at radius 3 is 2.64 bits per heavy atom. The van der Waals surface area contributed by atoms with E-state index in [1.54, 1.807) is 6.92 Å². The fourth-order valence-corrected chi connectivity index (χ4v) is 7.18. The van der Waals surface area contributed by atoms with Crippen molar-refractivity contribution in [3.63, 3.8) is 0 Å². The van der Waals surface area contributed by atoms with Gasteiger partial charge in [0, 0.05) is 45.7 Å². The highest BCUT2D eigenvalue weighted by molar-refractivity contribution is 6.31. The fraction of sp³-hybridized carbons (Fsp3) is 0.393. The first-order chi connectivity index (χ1) is 18.6. The second-order valence-electron chi connectivity index (χ2n) is 10.9. The van der Waals surface area contributed by atoms with Crippen LogP contribution in [0.5, 0.6) is 17.2 Å².